The van der Waals surface area contributed by atoms with E-state index in [2.05, 4.69) is 5.32 Å². The normalized spacial score (nSPS) is 13.8. The van der Waals surface area contributed by atoms with Crippen molar-refractivity contribution in [2.75, 3.05) is 19.4 Å². The molecule has 0 aliphatic heterocycles. The molecule has 1 rings (SSSR count). The highest BCUT2D eigenvalue weighted by atomic mass is 32.2. The van der Waals surface area contributed by atoms with E-state index in [0.717, 1.165) is 24.2 Å². The second-order valence-electron chi connectivity index (χ2n) is 4.61. The van der Waals surface area contributed by atoms with Crippen molar-refractivity contribution in [2.24, 2.45) is 0 Å². The Morgan fingerprint density at radius 3 is 2.70 bits per heavy atom. The summed E-state index contributed by atoms with van der Waals surface area (Å²) in [7, 11) is 1.32. The van der Waals surface area contributed by atoms with Gasteiger partial charge in [0.1, 0.15) is 17.2 Å². The number of methoxy groups -OCH3 is 1. The highest BCUT2D eigenvalue weighted by Gasteiger charge is 2.34. The quantitative estimate of drug-likeness (QED) is 0.621. The molecule has 0 bridgehead atoms. The fourth-order valence-electron chi connectivity index (χ4n) is 1.62. The average molecular weight is 303 g/mol. The fraction of sp³-hybridized carbons (Fsp3) is 0.500. The largest absolute Gasteiger partial charge is 0.468 e. The number of rotatable bonds is 7. The summed E-state index contributed by atoms with van der Waals surface area (Å²) in [5.74, 6) is -1.35. The molecular formula is C14H19F2NO2S. The molecule has 0 aliphatic rings. The molecule has 0 amide bonds. The standard InChI is InChI=1S/C14H19F2NO2S/c1-4-7-17-14(2,13(18)19-3)9-20-12-6-5-10(15)8-11(12)16/h5-6,8,17H,4,7,9H2,1-3H3. The van der Waals surface area contributed by atoms with Crippen LogP contribution in [0.3, 0.4) is 0 Å². The minimum Gasteiger partial charge on any atom is -0.468 e. The van der Waals surface area contributed by atoms with Crippen LogP contribution in [0.25, 0.3) is 0 Å². The van der Waals surface area contributed by atoms with Crippen molar-refractivity contribution in [3.8, 4) is 0 Å². The van der Waals surface area contributed by atoms with Gasteiger partial charge in [-0.15, -0.1) is 11.8 Å². The molecule has 1 aromatic carbocycles. The molecule has 1 unspecified atom stereocenters. The summed E-state index contributed by atoms with van der Waals surface area (Å²) in [5, 5.41) is 3.11. The van der Waals surface area contributed by atoms with Gasteiger partial charge in [-0.1, -0.05) is 6.92 Å². The lowest BCUT2D eigenvalue weighted by Crippen LogP contribution is -2.52. The minimum atomic E-state index is -0.906. The summed E-state index contributed by atoms with van der Waals surface area (Å²) in [4.78, 5) is 12.2. The molecule has 0 aliphatic carbocycles. The summed E-state index contributed by atoms with van der Waals surface area (Å²) >= 11 is 1.15. The molecule has 20 heavy (non-hydrogen) atoms. The van der Waals surface area contributed by atoms with Crippen LogP contribution in [0.4, 0.5) is 8.78 Å². The predicted octanol–water partition coefficient (Wildman–Crippen LogP) is 2.99. The summed E-state index contributed by atoms with van der Waals surface area (Å²) in [6.07, 6.45) is 0.863. The van der Waals surface area contributed by atoms with Crippen LogP contribution >= 0.6 is 11.8 Å². The number of thioether (sulfide) groups is 1. The lowest BCUT2D eigenvalue weighted by atomic mass is 10.1. The Morgan fingerprint density at radius 1 is 1.45 bits per heavy atom. The van der Waals surface area contributed by atoms with E-state index in [4.69, 9.17) is 4.74 Å². The number of hydrogen-bond donors (Lipinski definition) is 1. The molecule has 0 aromatic heterocycles. The summed E-state index contributed by atoms with van der Waals surface area (Å²) in [6.45, 7) is 4.35. The zero-order valence-electron chi connectivity index (χ0n) is 11.8. The van der Waals surface area contributed by atoms with Crippen LogP contribution in [-0.4, -0.2) is 30.9 Å². The molecular weight excluding hydrogens is 284 g/mol. The van der Waals surface area contributed by atoms with Crippen LogP contribution in [0.1, 0.15) is 20.3 Å². The van der Waals surface area contributed by atoms with Gasteiger partial charge >= 0.3 is 5.97 Å². The number of carbonyl (C=O) groups excluding carboxylic acids is 1. The van der Waals surface area contributed by atoms with Gasteiger partial charge in [0.15, 0.2) is 0 Å². The van der Waals surface area contributed by atoms with Gasteiger partial charge < -0.3 is 10.1 Å². The highest BCUT2D eigenvalue weighted by molar-refractivity contribution is 7.99. The van der Waals surface area contributed by atoms with E-state index in [1.54, 1.807) is 6.92 Å². The number of carbonyl (C=O) groups is 1. The van der Waals surface area contributed by atoms with E-state index in [1.165, 1.54) is 19.2 Å². The number of hydrogen-bond acceptors (Lipinski definition) is 4. The highest BCUT2D eigenvalue weighted by Crippen LogP contribution is 2.26. The molecule has 1 N–H and O–H groups in total. The topological polar surface area (TPSA) is 38.3 Å². The zero-order valence-corrected chi connectivity index (χ0v) is 12.7. The fourth-order valence-corrected chi connectivity index (χ4v) is 2.65. The van der Waals surface area contributed by atoms with Crippen LogP contribution in [0.2, 0.25) is 0 Å². The van der Waals surface area contributed by atoms with E-state index in [0.29, 0.717) is 17.2 Å². The molecule has 0 fully saturated rings. The van der Waals surface area contributed by atoms with Gasteiger partial charge in [-0.3, -0.25) is 4.79 Å². The maximum absolute atomic E-state index is 13.6. The van der Waals surface area contributed by atoms with Crippen molar-refractivity contribution in [3.63, 3.8) is 0 Å². The van der Waals surface area contributed by atoms with E-state index < -0.39 is 23.1 Å². The lowest BCUT2D eigenvalue weighted by molar-refractivity contribution is -0.146. The monoisotopic (exact) mass is 303 g/mol. The maximum atomic E-state index is 13.6. The number of esters is 1. The van der Waals surface area contributed by atoms with Gasteiger partial charge in [-0.05, 0) is 32.0 Å². The first-order valence-corrected chi connectivity index (χ1v) is 7.33. The molecule has 1 aromatic rings. The van der Waals surface area contributed by atoms with Crippen LogP contribution in [0.15, 0.2) is 23.1 Å². The van der Waals surface area contributed by atoms with Crippen molar-refractivity contribution < 1.29 is 18.3 Å². The molecule has 0 saturated carbocycles. The third kappa shape index (κ3) is 4.45. The number of nitrogens with one attached hydrogen (secondary N) is 1. The Labute approximate surface area is 122 Å². The Hall–Kier alpha value is -1.14. The minimum absolute atomic E-state index is 0.294. The van der Waals surface area contributed by atoms with E-state index >= 15 is 0 Å². The van der Waals surface area contributed by atoms with Crippen molar-refractivity contribution in [3.05, 3.63) is 29.8 Å². The first kappa shape index (κ1) is 16.9. The number of ether oxygens (including phenoxy) is 1. The Balaban J connectivity index is 2.77. The number of benzene rings is 1. The summed E-state index contributed by atoms with van der Waals surface area (Å²) in [5.41, 5.74) is -0.906. The van der Waals surface area contributed by atoms with Crippen molar-refractivity contribution >= 4 is 17.7 Å². The SMILES string of the molecule is CCCNC(C)(CSc1ccc(F)cc1F)C(=O)OC. The average Bonchev–Trinajstić information content (AvgIpc) is 2.43. The molecule has 0 spiro atoms. The van der Waals surface area contributed by atoms with Gasteiger partial charge in [-0.2, -0.15) is 0 Å². The first-order valence-electron chi connectivity index (χ1n) is 6.34. The van der Waals surface area contributed by atoms with Gasteiger partial charge in [0.05, 0.1) is 7.11 Å². The van der Waals surface area contributed by atoms with Gasteiger partial charge in [0.2, 0.25) is 0 Å². The van der Waals surface area contributed by atoms with E-state index in [-0.39, 0.29) is 0 Å². The molecule has 0 saturated heterocycles. The van der Waals surface area contributed by atoms with E-state index in [9.17, 15) is 13.6 Å². The molecule has 112 valence electrons. The first-order chi connectivity index (χ1) is 9.42. The molecule has 0 radical (unpaired) electrons. The maximum Gasteiger partial charge on any atom is 0.326 e. The van der Waals surface area contributed by atoms with Crippen molar-refractivity contribution in [1.82, 2.24) is 5.32 Å². The summed E-state index contributed by atoms with van der Waals surface area (Å²) in [6, 6.07) is 3.39. The number of halogens is 2. The van der Waals surface area contributed by atoms with Gasteiger partial charge in [0, 0.05) is 16.7 Å². The third-order valence-corrected chi connectivity index (χ3v) is 4.18. The van der Waals surface area contributed by atoms with E-state index in [1.807, 2.05) is 6.92 Å². The second kappa shape index (κ2) is 7.59. The van der Waals surface area contributed by atoms with Crippen LogP contribution < -0.4 is 5.32 Å². The molecule has 1 atom stereocenters. The molecule has 3 nitrogen and oxygen atoms in total. The van der Waals surface area contributed by atoms with Crippen LogP contribution in [-0.2, 0) is 9.53 Å². The molecule has 6 heteroatoms. The predicted molar refractivity (Wildman–Crippen MR) is 75.8 cm³/mol. The smallest absolute Gasteiger partial charge is 0.326 e. The Bertz CT molecular complexity index is 470. The van der Waals surface area contributed by atoms with Crippen LogP contribution in [0.5, 0.6) is 0 Å². The molecule has 0 heterocycles. The van der Waals surface area contributed by atoms with Gasteiger partial charge in [0.25, 0.3) is 0 Å². The lowest BCUT2D eigenvalue weighted by Gasteiger charge is -2.27. The third-order valence-electron chi connectivity index (χ3n) is 2.81. The van der Waals surface area contributed by atoms with Gasteiger partial charge in [-0.25, -0.2) is 8.78 Å². The Kier molecular flexibility index (Phi) is 6.42. The van der Waals surface area contributed by atoms with Crippen molar-refractivity contribution in [1.29, 1.82) is 0 Å². The zero-order chi connectivity index (χ0) is 15.2. The Morgan fingerprint density at radius 2 is 2.15 bits per heavy atom. The van der Waals surface area contributed by atoms with Crippen molar-refractivity contribution in [2.45, 2.75) is 30.7 Å². The van der Waals surface area contributed by atoms with Crippen LogP contribution in [0, 0.1) is 11.6 Å². The summed E-state index contributed by atoms with van der Waals surface area (Å²) < 4.78 is 31.2. The second-order valence-corrected chi connectivity index (χ2v) is 5.63.